The molecule has 54 heavy (non-hydrogen) atoms. The van der Waals surface area contributed by atoms with Crippen molar-refractivity contribution in [3.05, 3.63) is 71.0 Å². The molecule has 12 nitrogen and oxygen atoms in total. The van der Waals surface area contributed by atoms with Crippen LogP contribution in [-0.2, 0) is 15.1 Å². The van der Waals surface area contributed by atoms with E-state index in [1.807, 2.05) is 20.8 Å². The lowest BCUT2D eigenvalue weighted by Crippen LogP contribution is -2.48. The number of amides is 2. The number of aliphatic imine (C=N–C) groups is 2. The monoisotopic (exact) mass is 783 g/mol. The van der Waals surface area contributed by atoms with Gasteiger partial charge in [0.1, 0.15) is 12.9 Å². The van der Waals surface area contributed by atoms with E-state index in [2.05, 4.69) is 25.5 Å². The Balaban J connectivity index is 1.37. The molecule has 20 heteroatoms. The van der Waals surface area contributed by atoms with Crippen LogP contribution in [0.2, 0.25) is 5.02 Å². The summed E-state index contributed by atoms with van der Waals surface area (Å²) in [6.45, 7) is 2.01. The number of carbonyl (C=O) groups excluding carboxylic acids is 2. The largest absolute Gasteiger partial charge is 0.447 e. The first kappa shape index (κ1) is 38.5. The highest BCUT2D eigenvalue weighted by Crippen LogP contribution is 2.47. The van der Waals surface area contributed by atoms with Crippen LogP contribution in [0.4, 0.5) is 41.2 Å². The molecule has 3 aromatic rings. The number of benzene rings is 2. The van der Waals surface area contributed by atoms with E-state index in [9.17, 15) is 40.3 Å². The number of nitrogens with zero attached hydrogens (tertiary/aromatic N) is 7. The van der Waals surface area contributed by atoms with Gasteiger partial charge in [-0.3, -0.25) is 9.69 Å². The van der Waals surface area contributed by atoms with Gasteiger partial charge in [0, 0.05) is 17.8 Å². The molecule has 2 aliphatic heterocycles. The fourth-order valence-electron chi connectivity index (χ4n) is 6.45. The fraction of sp³-hybridized carbons (Fsp3) is 0.412. The molecule has 0 bridgehead atoms. The maximum atomic E-state index is 14.9. The molecule has 0 radical (unpaired) electrons. The molecule has 1 aromatic heterocycles. The molecule has 2 amide bonds. The number of rotatable bonds is 10. The van der Waals surface area contributed by atoms with Crippen LogP contribution in [-0.4, -0.2) is 70.1 Å². The molecule has 0 saturated heterocycles. The Kier molecular flexibility index (Phi) is 9.91. The van der Waals surface area contributed by atoms with Gasteiger partial charge in [-0.05, 0) is 47.1 Å². The molecule has 4 atom stereocenters. The van der Waals surface area contributed by atoms with Crippen LogP contribution in [0.15, 0.2) is 69.9 Å². The average molecular weight is 784 g/mol. The first-order valence-electron chi connectivity index (χ1n) is 16.4. The number of hydrogen-bond acceptors (Lipinski definition) is 9. The van der Waals surface area contributed by atoms with E-state index in [0.717, 1.165) is 17.4 Å². The number of halogens is 8. The minimum atomic E-state index is -4.53. The average Bonchev–Trinajstić information content (AvgIpc) is 3.60. The van der Waals surface area contributed by atoms with Gasteiger partial charge in [0.25, 0.3) is 5.91 Å². The Morgan fingerprint density at radius 2 is 1.81 bits per heavy atom. The summed E-state index contributed by atoms with van der Waals surface area (Å²) in [7, 11) is 0. The molecule has 3 N–H and O–H groups in total. The van der Waals surface area contributed by atoms with Gasteiger partial charge in [0.2, 0.25) is 0 Å². The van der Waals surface area contributed by atoms with Crippen molar-refractivity contribution in [2.75, 3.05) is 11.6 Å². The zero-order valence-electron chi connectivity index (χ0n) is 28.7. The van der Waals surface area contributed by atoms with Crippen LogP contribution in [0.3, 0.4) is 0 Å². The Bertz CT molecular complexity index is 2010. The van der Waals surface area contributed by atoms with Crippen LogP contribution in [0.1, 0.15) is 57.3 Å². The lowest BCUT2D eigenvalue weighted by Gasteiger charge is -2.35. The predicted octanol–water partition coefficient (Wildman–Crippen LogP) is 7.23. The minimum absolute atomic E-state index is 0.0692. The molecule has 1 saturated carbocycles. The molecule has 1 aliphatic carbocycles. The molecule has 2 aromatic carbocycles. The van der Waals surface area contributed by atoms with E-state index in [4.69, 9.17) is 22.1 Å². The third-order valence-electron chi connectivity index (χ3n) is 8.94. The summed E-state index contributed by atoms with van der Waals surface area (Å²) < 4.78 is 101. The van der Waals surface area contributed by atoms with Crippen molar-refractivity contribution in [2.45, 2.75) is 70.0 Å². The molecule has 1 fully saturated rings. The van der Waals surface area contributed by atoms with Crippen molar-refractivity contribution < 1.29 is 45.1 Å². The summed E-state index contributed by atoms with van der Waals surface area (Å²) in [5.74, 6) is -2.79. The molecular weight excluding hydrogens is 751 g/mol. The van der Waals surface area contributed by atoms with E-state index >= 15 is 0 Å². The number of ether oxygens (including phenoxy) is 1. The summed E-state index contributed by atoms with van der Waals surface area (Å²) in [6.07, 6.45) is -2.39. The normalized spacial score (nSPS) is 22.8. The SMILES string of the molecule is CC(C)(C)C[C@]1(c2ccc(-c3cnn(C(F)F)c3)cc2)N=C(N)N([C@H](COC(=O)N[C@H]2C[C@@H]2C(F)(F)F)c2ccc(Cl)c(N3N=CN=CC3(F)F)c2)C1=O. The Morgan fingerprint density at radius 1 is 1.11 bits per heavy atom. The summed E-state index contributed by atoms with van der Waals surface area (Å²) in [5.41, 5.74) is 5.22. The minimum Gasteiger partial charge on any atom is -0.447 e. The summed E-state index contributed by atoms with van der Waals surface area (Å²) in [5, 5.41) is 9.57. The van der Waals surface area contributed by atoms with Crippen molar-refractivity contribution >= 4 is 47.8 Å². The number of guanidine groups is 1. The first-order valence-corrected chi connectivity index (χ1v) is 16.7. The Hall–Kier alpha value is -5.20. The van der Waals surface area contributed by atoms with E-state index in [1.54, 1.807) is 24.3 Å². The van der Waals surface area contributed by atoms with Crippen LogP contribution in [0.25, 0.3) is 11.1 Å². The van der Waals surface area contributed by atoms with Crippen LogP contribution < -0.4 is 16.1 Å². The van der Waals surface area contributed by atoms with Crippen molar-refractivity contribution in [3.8, 4) is 11.1 Å². The lowest BCUT2D eigenvalue weighted by atomic mass is 9.75. The van der Waals surface area contributed by atoms with Crippen molar-refractivity contribution in [1.82, 2.24) is 20.0 Å². The zero-order valence-corrected chi connectivity index (χ0v) is 29.5. The molecule has 3 heterocycles. The maximum absolute atomic E-state index is 14.9. The quantitative estimate of drug-likeness (QED) is 0.164. The predicted molar refractivity (Wildman–Crippen MR) is 184 cm³/mol. The highest BCUT2D eigenvalue weighted by Gasteiger charge is 2.57. The highest BCUT2D eigenvalue weighted by molar-refractivity contribution is 6.33. The van der Waals surface area contributed by atoms with Gasteiger partial charge in [0.15, 0.2) is 11.5 Å². The zero-order chi connectivity index (χ0) is 39.4. The van der Waals surface area contributed by atoms with Gasteiger partial charge in [0.05, 0.1) is 35.1 Å². The molecule has 0 unspecified atom stereocenters. The van der Waals surface area contributed by atoms with Crippen LogP contribution in [0, 0.1) is 11.3 Å². The van der Waals surface area contributed by atoms with E-state index < -0.39 is 66.3 Å². The standard InChI is InChI=1S/C34H33ClF7N9O3/c1-31(2,3)15-32(21-7-4-18(5-8-21)20-12-45-49(13-20)28(36)37)27(52)50(29(43)48-32)26(14-54-30(53)47-24-11-22(24)34(40,41)42)19-6-9-23(35)25(10-19)51-33(38,39)16-44-17-46-51/h4-10,12-13,16-17,22,24,26,28H,11,14-15H2,1-3H3,(H2,43,48)(H,47,53)/t22-,24-,26+,32+/m0/s1. The third kappa shape index (κ3) is 7.72. The summed E-state index contributed by atoms with van der Waals surface area (Å²) >= 11 is 6.34. The number of aromatic nitrogens is 2. The number of nitrogens with one attached hydrogen (secondary N) is 1. The maximum Gasteiger partial charge on any atom is 0.407 e. The number of anilines is 1. The van der Waals surface area contributed by atoms with Crippen LogP contribution in [0.5, 0.6) is 0 Å². The molecule has 6 rings (SSSR count). The van der Waals surface area contributed by atoms with Gasteiger partial charge in [-0.2, -0.15) is 45.9 Å². The van der Waals surface area contributed by atoms with E-state index in [1.165, 1.54) is 24.4 Å². The fourth-order valence-corrected chi connectivity index (χ4v) is 6.65. The number of alkyl carbamates (subject to hydrolysis) is 1. The number of alkyl halides is 7. The van der Waals surface area contributed by atoms with Gasteiger partial charge >= 0.3 is 24.9 Å². The van der Waals surface area contributed by atoms with Gasteiger partial charge in [-0.25, -0.2) is 19.5 Å². The smallest absolute Gasteiger partial charge is 0.407 e. The second-order valence-corrected chi connectivity index (χ2v) is 14.6. The third-order valence-corrected chi connectivity index (χ3v) is 9.26. The van der Waals surface area contributed by atoms with E-state index in [0.29, 0.717) is 32.6 Å². The number of hydrogen-bond donors (Lipinski definition) is 2. The highest BCUT2D eigenvalue weighted by atomic mass is 35.5. The first-order chi connectivity index (χ1) is 25.2. The Labute approximate surface area is 308 Å². The summed E-state index contributed by atoms with van der Waals surface area (Å²) in [4.78, 5) is 36.7. The van der Waals surface area contributed by atoms with Crippen molar-refractivity contribution in [2.24, 2.45) is 32.2 Å². The second kappa shape index (κ2) is 13.9. The van der Waals surface area contributed by atoms with Gasteiger partial charge < -0.3 is 15.8 Å². The van der Waals surface area contributed by atoms with Crippen molar-refractivity contribution in [3.63, 3.8) is 0 Å². The molecule has 0 spiro atoms. The number of carbonyl (C=O) groups is 2. The Morgan fingerprint density at radius 3 is 2.41 bits per heavy atom. The number of hydrazone groups is 1. The van der Waals surface area contributed by atoms with Crippen molar-refractivity contribution in [1.29, 1.82) is 0 Å². The molecule has 288 valence electrons. The van der Waals surface area contributed by atoms with Gasteiger partial charge in [-0.1, -0.05) is 62.7 Å². The summed E-state index contributed by atoms with van der Waals surface area (Å²) in [6, 6.07) is 3.85. The lowest BCUT2D eigenvalue weighted by molar-refractivity contribution is -0.149. The molecular formula is C34H33ClF7N9O3. The van der Waals surface area contributed by atoms with Gasteiger partial charge in [-0.15, -0.1) is 0 Å². The van der Waals surface area contributed by atoms with E-state index in [-0.39, 0.29) is 35.1 Å². The second-order valence-electron chi connectivity index (χ2n) is 14.2. The number of nitrogens with two attached hydrogens (primary N) is 1. The molecule has 3 aliphatic rings. The topological polar surface area (TPSA) is 143 Å². The van der Waals surface area contributed by atoms with Crippen LogP contribution >= 0.6 is 11.6 Å².